The number of imide groups is 1. The first-order valence-corrected chi connectivity index (χ1v) is 14.1. The lowest BCUT2D eigenvalue weighted by atomic mass is 9.59. The highest BCUT2D eigenvalue weighted by atomic mass is 19.4. The Morgan fingerprint density at radius 2 is 1.38 bits per heavy atom. The van der Waals surface area contributed by atoms with E-state index < -0.39 is 70.4 Å². The van der Waals surface area contributed by atoms with E-state index in [1.807, 2.05) is 0 Å². The maximum absolute atomic E-state index is 14.0. The summed E-state index contributed by atoms with van der Waals surface area (Å²) in [6.07, 6.45) is -7.69. The van der Waals surface area contributed by atoms with E-state index in [-0.39, 0.29) is 47.2 Å². The second kappa shape index (κ2) is 10.0. The van der Waals surface area contributed by atoms with Gasteiger partial charge >= 0.3 is 12.4 Å². The molecule has 1 saturated heterocycles. The summed E-state index contributed by atoms with van der Waals surface area (Å²) in [5.74, 6) is -6.70. The molecular formula is C33H25F6NO5. The Bertz CT molecular complexity index is 1770. The molecule has 4 unspecified atom stereocenters. The molecule has 12 heteroatoms. The van der Waals surface area contributed by atoms with Gasteiger partial charge in [-0.25, -0.2) is 4.90 Å². The number of rotatable bonds is 2. The van der Waals surface area contributed by atoms with E-state index in [1.54, 1.807) is 32.1 Å². The number of hydrogen-bond acceptors (Lipinski definition) is 5. The number of anilines is 1. The fourth-order valence-corrected chi connectivity index (χ4v) is 7.22. The standard InChI is InChI=1S/C33H25F6NO5/c1-13-6-16(7-14(2)28(13)42)25-20-4-5-21-26(22(20)12-23-24(41)8-15(3)29(43)27(23)25)31(45)40(30(21)44)19-10-17(32(34,35)36)9-18(11-19)33(37,38)39/h4,6-11,21-22,25-26,42H,5,12H2,1-3H3. The molecule has 1 aliphatic heterocycles. The number of nitrogens with zero attached hydrogens (tertiary/aromatic N) is 1. The van der Waals surface area contributed by atoms with Gasteiger partial charge in [0.25, 0.3) is 0 Å². The van der Waals surface area contributed by atoms with Crippen molar-refractivity contribution in [3.63, 3.8) is 0 Å². The van der Waals surface area contributed by atoms with Gasteiger partial charge in [-0.05, 0) is 80.5 Å². The van der Waals surface area contributed by atoms with Crippen molar-refractivity contribution in [2.75, 3.05) is 4.90 Å². The van der Waals surface area contributed by atoms with Gasteiger partial charge in [0.05, 0.1) is 28.7 Å². The van der Waals surface area contributed by atoms with Crippen LogP contribution >= 0.6 is 0 Å². The zero-order chi connectivity index (χ0) is 32.9. The van der Waals surface area contributed by atoms with Crippen molar-refractivity contribution in [3.8, 4) is 5.75 Å². The number of aromatic hydroxyl groups is 1. The molecule has 6 nitrogen and oxygen atoms in total. The Morgan fingerprint density at radius 3 is 1.93 bits per heavy atom. The minimum absolute atomic E-state index is 0.0339. The number of aryl methyl sites for hydroxylation is 2. The van der Waals surface area contributed by atoms with Crippen LogP contribution < -0.4 is 4.90 Å². The van der Waals surface area contributed by atoms with Crippen LogP contribution in [-0.4, -0.2) is 28.5 Å². The molecule has 2 amide bonds. The predicted molar refractivity (Wildman–Crippen MR) is 148 cm³/mol. The molecule has 0 spiro atoms. The van der Waals surface area contributed by atoms with Gasteiger partial charge in [-0.3, -0.25) is 19.2 Å². The number of Topliss-reactive ketones (excluding diaryl/α,β-unsaturated/α-hetero) is 1. The highest BCUT2D eigenvalue weighted by Gasteiger charge is 2.57. The molecule has 3 aliphatic carbocycles. The van der Waals surface area contributed by atoms with Gasteiger partial charge in [0, 0.05) is 22.6 Å². The van der Waals surface area contributed by atoms with E-state index >= 15 is 0 Å². The highest BCUT2D eigenvalue weighted by molar-refractivity contribution is 6.25. The molecule has 0 bridgehead atoms. The summed E-state index contributed by atoms with van der Waals surface area (Å²) in [6, 6.07) is 3.94. The number of halogens is 6. The Kier molecular flexibility index (Phi) is 6.80. The van der Waals surface area contributed by atoms with Crippen LogP contribution in [0.4, 0.5) is 32.0 Å². The SMILES string of the molecule is CC1=CC(=O)C2=C(C1=O)C(c1cc(C)c(O)c(C)c1)C1=CCC3C(=O)N(c4cc(C(F)(F)F)cc(C(F)(F)F)c4)C(=O)C3C1C2. The molecule has 0 saturated carbocycles. The number of amides is 2. The van der Waals surface area contributed by atoms with Crippen LogP contribution in [0.5, 0.6) is 5.75 Å². The number of alkyl halides is 6. The van der Waals surface area contributed by atoms with Gasteiger partial charge in [0.15, 0.2) is 11.6 Å². The molecule has 2 aromatic carbocycles. The summed E-state index contributed by atoms with van der Waals surface area (Å²) in [7, 11) is 0. The fraction of sp³-hybridized carbons (Fsp3) is 0.333. The second-order valence-corrected chi connectivity index (χ2v) is 12.0. The van der Waals surface area contributed by atoms with Crippen molar-refractivity contribution in [3.05, 3.63) is 92.6 Å². The predicted octanol–water partition coefficient (Wildman–Crippen LogP) is 6.68. The third-order valence-electron chi connectivity index (χ3n) is 9.24. The van der Waals surface area contributed by atoms with E-state index in [1.165, 1.54) is 13.0 Å². The number of benzene rings is 2. The van der Waals surface area contributed by atoms with Gasteiger partial charge < -0.3 is 5.11 Å². The average molecular weight is 630 g/mol. The van der Waals surface area contributed by atoms with Crippen LogP contribution in [0.2, 0.25) is 0 Å². The number of phenols is 1. The van der Waals surface area contributed by atoms with Crippen LogP contribution in [-0.2, 0) is 31.5 Å². The maximum atomic E-state index is 14.0. The molecule has 2 aromatic rings. The summed E-state index contributed by atoms with van der Waals surface area (Å²) >= 11 is 0. The van der Waals surface area contributed by atoms with E-state index in [0.29, 0.717) is 39.3 Å². The molecule has 45 heavy (non-hydrogen) atoms. The van der Waals surface area contributed by atoms with Crippen LogP contribution in [0, 0.1) is 31.6 Å². The van der Waals surface area contributed by atoms with E-state index in [2.05, 4.69) is 0 Å². The third kappa shape index (κ3) is 4.72. The Morgan fingerprint density at radius 1 is 0.800 bits per heavy atom. The molecule has 4 aliphatic rings. The zero-order valence-electron chi connectivity index (χ0n) is 24.1. The Labute approximate surface area is 252 Å². The summed E-state index contributed by atoms with van der Waals surface area (Å²) < 4.78 is 81.7. The Balaban J connectivity index is 1.49. The number of fused-ring (bicyclic) bond motifs is 3. The normalized spacial score (nSPS) is 25.2. The summed E-state index contributed by atoms with van der Waals surface area (Å²) in [5.41, 5.74) is -1.51. The van der Waals surface area contributed by atoms with Gasteiger partial charge in [0.1, 0.15) is 5.75 Å². The van der Waals surface area contributed by atoms with Crippen LogP contribution in [0.3, 0.4) is 0 Å². The lowest BCUT2D eigenvalue weighted by molar-refractivity contribution is -0.143. The molecule has 1 heterocycles. The molecule has 1 N–H and O–H groups in total. The number of hydrogen-bond donors (Lipinski definition) is 1. The van der Waals surface area contributed by atoms with Crippen molar-refractivity contribution in [1.82, 2.24) is 0 Å². The van der Waals surface area contributed by atoms with Gasteiger partial charge in [-0.15, -0.1) is 0 Å². The topological polar surface area (TPSA) is 91.8 Å². The smallest absolute Gasteiger partial charge is 0.416 e. The lowest BCUT2D eigenvalue weighted by Gasteiger charge is -2.42. The van der Waals surface area contributed by atoms with Crippen molar-refractivity contribution >= 4 is 29.1 Å². The summed E-state index contributed by atoms with van der Waals surface area (Å²) in [5, 5.41) is 10.4. The molecule has 1 fully saturated rings. The molecule has 4 atom stereocenters. The van der Waals surface area contributed by atoms with Gasteiger partial charge in [-0.1, -0.05) is 23.8 Å². The number of allylic oxidation sites excluding steroid dienone is 6. The number of phenolic OH excluding ortho intramolecular Hbond substituents is 1. The quantitative estimate of drug-likeness (QED) is 0.173. The first-order valence-electron chi connectivity index (χ1n) is 14.1. The largest absolute Gasteiger partial charge is 0.507 e. The molecule has 0 radical (unpaired) electrons. The molecule has 0 aromatic heterocycles. The lowest BCUT2D eigenvalue weighted by Crippen LogP contribution is -2.40. The first kappa shape index (κ1) is 30.5. The Hall–Kier alpha value is -4.48. The van der Waals surface area contributed by atoms with E-state index in [0.717, 1.165) is 0 Å². The van der Waals surface area contributed by atoms with Crippen LogP contribution in [0.1, 0.15) is 53.5 Å². The molecule has 234 valence electrons. The van der Waals surface area contributed by atoms with Crippen LogP contribution in [0.25, 0.3) is 0 Å². The number of carbonyl (C=O) groups is 4. The maximum Gasteiger partial charge on any atom is 0.416 e. The molecule has 6 rings (SSSR count). The average Bonchev–Trinajstić information content (AvgIpc) is 3.21. The van der Waals surface area contributed by atoms with Gasteiger partial charge in [0.2, 0.25) is 11.8 Å². The zero-order valence-corrected chi connectivity index (χ0v) is 24.1. The monoisotopic (exact) mass is 629 g/mol. The van der Waals surface area contributed by atoms with E-state index in [9.17, 15) is 50.6 Å². The van der Waals surface area contributed by atoms with Gasteiger partial charge in [-0.2, -0.15) is 26.3 Å². The minimum Gasteiger partial charge on any atom is -0.507 e. The third-order valence-corrected chi connectivity index (χ3v) is 9.24. The summed E-state index contributed by atoms with van der Waals surface area (Å²) in [4.78, 5) is 54.8. The second-order valence-electron chi connectivity index (χ2n) is 12.0. The van der Waals surface area contributed by atoms with Crippen molar-refractivity contribution in [2.45, 2.75) is 51.9 Å². The number of ketones is 2. The van der Waals surface area contributed by atoms with Crippen molar-refractivity contribution < 1.29 is 50.6 Å². The minimum atomic E-state index is -5.19. The summed E-state index contributed by atoms with van der Waals surface area (Å²) in [6.45, 7) is 4.83. The van der Waals surface area contributed by atoms with Crippen molar-refractivity contribution in [2.24, 2.45) is 17.8 Å². The highest BCUT2D eigenvalue weighted by Crippen LogP contribution is 2.56. The van der Waals surface area contributed by atoms with Crippen molar-refractivity contribution in [1.29, 1.82) is 0 Å². The molecular weight excluding hydrogens is 604 g/mol. The van der Waals surface area contributed by atoms with E-state index in [4.69, 9.17) is 0 Å². The number of carbonyl (C=O) groups excluding carboxylic acids is 4. The fourth-order valence-electron chi connectivity index (χ4n) is 7.22. The first-order chi connectivity index (χ1) is 20.9. The van der Waals surface area contributed by atoms with Crippen LogP contribution in [0.15, 0.2) is 64.8 Å².